The first-order valence-electron chi connectivity index (χ1n) is 7.17. The summed E-state index contributed by atoms with van der Waals surface area (Å²) in [6.45, 7) is 2.34. The van der Waals surface area contributed by atoms with Gasteiger partial charge in [-0.25, -0.2) is 0 Å². The van der Waals surface area contributed by atoms with Crippen molar-refractivity contribution in [2.75, 3.05) is 0 Å². The third kappa shape index (κ3) is 3.91. The minimum atomic E-state index is -0.440. The molecule has 114 valence electrons. The number of nitrogens with one attached hydrogen (secondary N) is 1. The van der Waals surface area contributed by atoms with Gasteiger partial charge in [0.05, 0.1) is 10.8 Å². The summed E-state index contributed by atoms with van der Waals surface area (Å²) >= 11 is 0. The molecule has 2 rings (SSSR count). The van der Waals surface area contributed by atoms with Crippen LogP contribution >= 0.6 is 0 Å². The van der Waals surface area contributed by atoms with Crippen LogP contribution in [-0.2, 0) is 11.3 Å². The smallest absolute Gasteiger partial charge is 0.269 e. The van der Waals surface area contributed by atoms with Gasteiger partial charge in [-0.3, -0.25) is 14.9 Å². The van der Waals surface area contributed by atoms with Gasteiger partial charge in [0, 0.05) is 18.7 Å². The lowest BCUT2D eigenvalue weighted by Gasteiger charge is -2.15. The number of rotatable bonds is 6. The molecule has 5 heteroatoms. The fourth-order valence-electron chi connectivity index (χ4n) is 2.31. The second kappa shape index (κ2) is 7.36. The largest absolute Gasteiger partial charge is 0.351 e. The zero-order valence-corrected chi connectivity index (χ0v) is 12.4. The van der Waals surface area contributed by atoms with E-state index in [1.54, 1.807) is 12.1 Å². The lowest BCUT2D eigenvalue weighted by atomic mass is 9.95. The highest BCUT2D eigenvalue weighted by molar-refractivity contribution is 5.83. The van der Waals surface area contributed by atoms with Crippen LogP contribution in [0.3, 0.4) is 0 Å². The van der Waals surface area contributed by atoms with E-state index in [4.69, 9.17) is 0 Å². The summed E-state index contributed by atoms with van der Waals surface area (Å²) in [4.78, 5) is 22.5. The highest BCUT2D eigenvalue weighted by atomic mass is 16.6. The Bertz CT molecular complexity index is 639. The van der Waals surface area contributed by atoms with Crippen molar-refractivity contribution in [3.63, 3.8) is 0 Å². The molecule has 1 atom stereocenters. The summed E-state index contributed by atoms with van der Waals surface area (Å²) < 4.78 is 0. The average molecular weight is 298 g/mol. The molecule has 0 bridgehead atoms. The van der Waals surface area contributed by atoms with E-state index in [-0.39, 0.29) is 17.5 Å². The molecule has 1 N–H and O–H groups in total. The van der Waals surface area contributed by atoms with E-state index in [2.05, 4.69) is 5.32 Å². The van der Waals surface area contributed by atoms with Crippen molar-refractivity contribution in [2.24, 2.45) is 0 Å². The number of non-ortho nitro benzene ring substituents is 1. The molecule has 22 heavy (non-hydrogen) atoms. The van der Waals surface area contributed by atoms with Gasteiger partial charge in [0.2, 0.25) is 5.91 Å². The molecule has 5 nitrogen and oxygen atoms in total. The van der Waals surface area contributed by atoms with E-state index in [1.165, 1.54) is 12.1 Å². The summed E-state index contributed by atoms with van der Waals surface area (Å²) in [6.07, 6.45) is 0.718. The predicted octanol–water partition coefficient (Wildman–Crippen LogP) is 3.40. The SMILES string of the molecule is CCC(C(=O)NCc1ccc([N+](=O)[O-])cc1)c1ccccc1. The Morgan fingerprint density at radius 2 is 1.77 bits per heavy atom. The molecule has 0 saturated carbocycles. The van der Waals surface area contributed by atoms with Gasteiger partial charge in [0.15, 0.2) is 0 Å². The van der Waals surface area contributed by atoms with E-state index < -0.39 is 4.92 Å². The Hall–Kier alpha value is -2.69. The van der Waals surface area contributed by atoms with Crippen LogP contribution in [0, 0.1) is 10.1 Å². The Balaban J connectivity index is 1.98. The zero-order chi connectivity index (χ0) is 15.9. The van der Waals surface area contributed by atoms with Crippen LogP contribution in [0.2, 0.25) is 0 Å². The Labute approximate surface area is 129 Å². The number of carbonyl (C=O) groups excluding carboxylic acids is 1. The number of nitro benzene ring substituents is 1. The first-order valence-corrected chi connectivity index (χ1v) is 7.17. The molecule has 1 unspecified atom stereocenters. The second-order valence-electron chi connectivity index (χ2n) is 5.01. The van der Waals surface area contributed by atoms with Crippen molar-refractivity contribution in [2.45, 2.75) is 25.8 Å². The lowest BCUT2D eigenvalue weighted by molar-refractivity contribution is -0.384. The first kappa shape index (κ1) is 15.7. The maximum Gasteiger partial charge on any atom is 0.269 e. The van der Waals surface area contributed by atoms with Crippen molar-refractivity contribution in [3.05, 3.63) is 75.8 Å². The first-order chi connectivity index (χ1) is 10.6. The molecule has 0 saturated heterocycles. The van der Waals surface area contributed by atoms with Crippen LogP contribution in [0.15, 0.2) is 54.6 Å². The minimum Gasteiger partial charge on any atom is -0.351 e. The minimum absolute atomic E-state index is 0.0351. The van der Waals surface area contributed by atoms with Gasteiger partial charge in [0.25, 0.3) is 5.69 Å². The predicted molar refractivity (Wildman–Crippen MR) is 84.4 cm³/mol. The van der Waals surface area contributed by atoms with Gasteiger partial charge in [-0.05, 0) is 17.5 Å². The molecule has 0 radical (unpaired) electrons. The number of benzene rings is 2. The van der Waals surface area contributed by atoms with Crippen LogP contribution in [0.5, 0.6) is 0 Å². The molecular weight excluding hydrogens is 280 g/mol. The van der Waals surface area contributed by atoms with Crippen molar-refractivity contribution < 1.29 is 9.72 Å². The standard InChI is InChI=1S/C17H18N2O3/c1-2-16(14-6-4-3-5-7-14)17(20)18-12-13-8-10-15(11-9-13)19(21)22/h3-11,16H,2,12H2,1H3,(H,18,20). The van der Waals surface area contributed by atoms with Crippen LogP contribution in [0.4, 0.5) is 5.69 Å². The van der Waals surface area contributed by atoms with Gasteiger partial charge >= 0.3 is 0 Å². The number of nitrogens with zero attached hydrogens (tertiary/aromatic N) is 1. The fourth-order valence-corrected chi connectivity index (χ4v) is 2.31. The number of hydrogen-bond acceptors (Lipinski definition) is 3. The highest BCUT2D eigenvalue weighted by Gasteiger charge is 2.17. The van der Waals surface area contributed by atoms with Gasteiger partial charge in [0.1, 0.15) is 0 Å². The normalized spacial score (nSPS) is 11.7. The van der Waals surface area contributed by atoms with Gasteiger partial charge in [-0.15, -0.1) is 0 Å². The molecule has 1 amide bonds. The molecule has 0 aliphatic rings. The monoisotopic (exact) mass is 298 g/mol. The van der Waals surface area contributed by atoms with Gasteiger partial charge in [-0.2, -0.15) is 0 Å². The third-order valence-electron chi connectivity index (χ3n) is 3.54. The van der Waals surface area contributed by atoms with Crippen molar-refractivity contribution in [1.82, 2.24) is 5.32 Å². The lowest BCUT2D eigenvalue weighted by Crippen LogP contribution is -2.28. The highest BCUT2D eigenvalue weighted by Crippen LogP contribution is 2.19. The van der Waals surface area contributed by atoms with E-state index >= 15 is 0 Å². The summed E-state index contributed by atoms with van der Waals surface area (Å²) in [6, 6.07) is 15.8. The van der Waals surface area contributed by atoms with Crippen molar-refractivity contribution in [3.8, 4) is 0 Å². The van der Waals surface area contributed by atoms with E-state index in [0.29, 0.717) is 6.54 Å². The van der Waals surface area contributed by atoms with Crippen LogP contribution < -0.4 is 5.32 Å². The summed E-state index contributed by atoms with van der Waals surface area (Å²) in [5.41, 5.74) is 1.87. The Kier molecular flexibility index (Phi) is 5.25. The van der Waals surface area contributed by atoms with Crippen LogP contribution in [0.25, 0.3) is 0 Å². The maximum absolute atomic E-state index is 12.3. The van der Waals surface area contributed by atoms with Crippen LogP contribution in [-0.4, -0.2) is 10.8 Å². The number of hydrogen-bond donors (Lipinski definition) is 1. The Morgan fingerprint density at radius 3 is 2.32 bits per heavy atom. The second-order valence-corrected chi connectivity index (χ2v) is 5.01. The van der Waals surface area contributed by atoms with E-state index in [0.717, 1.165) is 17.5 Å². The van der Waals surface area contributed by atoms with Crippen LogP contribution in [0.1, 0.15) is 30.4 Å². The van der Waals surface area contributed by atoms with Gasteiger partial charge < -0.3 is 5.32 Å². The molecule has 0 heterocycles. The molecule has 0 aliphatic heterocycles. The van der Waals surface area contributed by atoms with Crippen molar-refractivity contribution in [1.29, 1.82) is 0 Å². The molecule has 0 aromatic heterocycles. The van der Waals surface area contributed by atoms with Gasteiger partial charge in [-0.1, -0.05) is 49.4 Å². The molecule has 0 fully saturated rings. The third-order valence-corrected chi connectivity index (χ3v) is 3.54. The topological polar surface area (TPSA) is 72.2 Å². The molecule has 0 aliphatic carbocycles. The fraction of sp³-hybridized carbons (Fsp3) is 0.235. The summed E-state index contributed by atoms with van der Waals surface area (Å²) in [5.74, 6) is -0.216. The Morgan fingerprint density at radius 1 is 1.14 bits per heavy atom. The van der Waals surface area contributed by atoms with E-state index in [9.17, 15) is 14.9 Å². The molecule has 2 aromatic rings. The van der Waals surface area contributed by atoms with E-state index in [1.807, 2.05) is 37.3 Å². The van der Waals surface area contributed by atoms with Crippen molar-refractivity contribution >= 4 is 11.6 Å². The summed E-state index contributed by atoms with van der Waals surface area (Å²) in [7, 11) is 0. The molecular formula is C17H18N2O3. The summed E-state index contributed by atoms with van der Waals surface area (Å²) in [5, 5.41) is 13.5. The quantitative estimate of drug-likeness (QED) is 0.656. The maximum atomic E-state index is 12.3. The number of carbonyl (C=O) groups is 1. The average Bonchev–Trinajstić information content (AvgIpc) is 2.55. The number of amides is 1. The molecule has 2 aromatic carbocycles. The number of nitro groups is 1. The molecule has 0 spiro atoms. The zero-order valence-electron chi connectivity index (χ0n) is 12.4.